The number of hydrogen-bond donors (Lipinski definition) is 1. The molecule has 7 nitrogen and oxygen atoms in total. The maximum atomic E-state index is 12.8. The summed E-state index contributed by atoms with van der Waals surface area (Å²) in [6.45, 7) is 2.97. The van der Waals surface area contributed by atoms with Gasteiger partial charge in [-0.25, -0.2) is 13.1 Å². The Balaban J connectivity index is 1.45. The maximum Gasteiger partial charge on any atom is 0.243 e. The molecule has 32 heavy (non-hydrogen) atoms. The molecule has 0 atom stereocenters. The summed E-state index contributed by atoms with van der Waals surface area (Å²) in [5.41, 5.74) is 2.23. The van der Waals surface area contributed by atoms with E-state index in [2.05, 4.69) is 10.4 Å². The molecule has 0 radical (unpaired) electrons. The first-order chi connectivity index (χ1) is 15.3. The quantitative estimate of drug-likeness (QED) is 0.583. The van der Waals surface area contributed by atoms with Crippen LogP contribution in [-0.2, 0) is 21.2 Å². The van der Waals surface area contributed by atoms with Crippen molar-refractivity contribution in [2.24, 2.45) is 0 Å². The summed E-state index contributed by atoms with van der Waals surface area (Å²) >= 11 is 6.09. The van der Waals surface area contributed by atoms with Crippen LogP contribution < -0.4 is 5.32 Å². The minimum atomic E-state index is -3.48. The van der Waals surface area contributed by atoms with E-state index in [9.17, 15) is 13.2 Å². The van der Waals surface area contributed by atoms with Crippen LogP contribution in [0.4, 0.5) is 5.82 Å². The van der Waals surface area contributed by atoms with E-state index in [0.29, 0.717) is 23.9 Å². The molecule has 0 unspecified atom stereocenters. The number of nitrogens with zero attached hydrogens (tertiary/aromatic N) is 3. The minimum Gasteiger partial charge on any atom is -0.310 e. The van der Waals surface area contributed by atoms with Gasteiger partial charge in [0.15, 0.2) is 0 Å². The fourth-order valence-corrected chi connectivity index (χ4v) is 5.50. The molecule has 1 saturated heterocycles. The Bertz CT molecular complexity index is 1220. The molecule has 4 rings (SSSR count). The lowest BCUT2D eigenvalue weighted by atomic mass is 10.1. The third-order valence-electron chi connectivity index (χ3n) is 5.39. The van der Waals surface area contributed by atoms with Gasteiger partial charge in [0.25, 0.3) is 0 Å². The fourth-order valence-electron chi connectivity index (χ4n) is 3.80. The van der Waals surface area contributed by atoms with Gasteiger partial charge in [0.05, 0.1) is 22.7 Å². The second-order valence-electron chi connectivity index (χ2n) is 7.90. The summed E-state index contributed by atoms with van der Waals surface area (Å²) in [5, 5.41) is 7.90. The molecule has 1 N–H and O–H groups in total. The Morgan fingerprint density at radius 1 is 1.06 bits per heavy atom. The van der Waals surface area contributed by atoms with Crippen molar-refractivity contribution in [1.82, 2.24) is 14.1 Å². The molecule has 1 aromatic heterocycles. The molecular formula is C23H25ClN4O3S. The van der Waals surface area contributed by atoms with Crippen molar-refractivity contribution in [2.75, 3.05) is 18.4 Å². The Hall–Kier alpha value is -2.68. The van der Waals surface area contributed by atoms with E-state index in [0.717, 1.165) is 36.2 Å². The molecular weight excluding hydrogens is 448 g/mol. The lowest BCUT2D eigenvalue weighted by Gasteiger charge is -2.25. The molecule has 1 aliphatic rings. The molecule has 0 bridgehead atoms. The van der Waals surface area contributed by atoms with Gasteiger partial charge >= 0.3 is 0 Å². The largest absolute Gasteiger partial charge is 0.310 e. The smallest absolute Gasteiger partial charge is 0.243 e. The zero-order valence-electron chi connectivity index (χ0n) is 17.8. The van der Waals surface area contributed by atoms with Gasteiger partial charge in [-0.3, -0.25) is 4.79 Å². The summed E-state index contributed by atoms with van der Waals surface area (Å²) in [4.78, 5) is 12.9. The number of halogens is 1. The highest BCUT2D eigenvalue weighted by Crippen LogP contribution is 2.22. The van der Waals surface area contributed by atoms with Crippen LogP contribution in [0.25, 0.3) is 5.69 Å². The molecule has 2 aromatic carbocycles. The number of rotatable bonds is 6. The molecule has 1 aliphatic heterocycles. The first-order valence-corrected chi connectivity index (χ1v) is 12.4. The van der Waals surface area contributed by atoms with Crippen molar-refractivity contribution in [3.8, 4) is 5.69 Å². The number of sulfonamides is 1. The topological polar surface area (TPSA) is 84.3 Å². The number of hydrogen-bond acceptors (Lipinski definition) is 4. The number of carbonyl (C=O) groups excluding carboxylic acids is 1. The van der Waals surface area contributed by atoms with Crippen LogP contribution in [-0.4, -0.2) is 41.5 Å². The zero-order valence-corrected chi connectivity index (χ0v) is 19.4. The molecule has 1 amide bonds. The van der Waals surface area contributed by atoms with Crippen LogP contribution in [0.2, 0.25) is 5.02 Å². The van der Waals surface area contributed by atoms with Gasteiger partial charge in [-0.1, -0.05) is 36.2 Å². The van der Waals surface area contributed by atoms with E-state index in [1.54, 1.807) is 47.1 Å². The molecule has 0 spiro atoms. The standard InChI is InChI=1S/C23H25ClN4O3S/c1-17-14-22(28(26-17)20-7-5-6-19(24)16-20)25-23(29)15-18-8-10-21(11-9-18)32(30,31)27-12-3-2-4-13-27/h5-11,14,16H,2-4,12-13,15H2,1H3,(H,25,29). The normalized spacial score (nSPS) is 14.9. The Labute approximate surface area is 193 Å². The summed E-state index contributed by atoms with van der Waals surface area (Å²) < 4.78 is 28.7. The van der Waals surface area contributed by atoms with Crippen LogP contribution in [0, 0.1) is 6.92 Å². The van der Waals surface area contributed by atoms with E-state index in [1.165, 1.54) is 4.31 Å². The number of carbonyl (C=O) groups is 1. The maximum absolute atomic E-state index is 12.8. The lowest BCUT2D eigenvalue weighted by Crippen LogP contribution is -2.35. The number of nitrogens with one attached hydrogen (secondary N) is 1. The highest BCUT2D eigenvalue weighted by Gasteiger charge is 2.25. The highest BCUT2D eigenvalue weighted by atomic mass is 35.5. The van der Waals surface area contributed by atoms with Gasteiger partial charge < -0.3 is 5.32 Å². The average Bonchev–Trinajstić information content (AvgIpc) is 3.14. The monoisotopic (exact) mass is 472 g/mol. The van der Waals surface area contributed by atoms with E-state index >= 15 is 0 Å². The second kappa shape index (κ2) is 9.44. The Morgan fingerprint density at radius 2 is 1.78 bits per heavy atom. The Kier molecular flexibility index (Phi) is 6.64. The third kappa shape index (κ3) is 5.03. The van der Waals surface area contributed by atoms with E-state index < -0.39 is 10.0 Å². The van der Waals surface area contributed by atoms with Gasteiger partial charge in [0.2, 0.25) is 15.9 Å². The van der Waals surface area contributed by atoms with Crippen LogP contribution >= 0.6 is 11.6 Å². The highest BCUT2D eigenvalue weighted by molar-refractivity contribution is 7.89. The second-order valence-corrected chi connectivity index (χ2v) is 10.3. The van der Waals surface area contributed by atoms with Crippen LogP contribution in [0.3, 0.4) is 0 Å². The zero-order chi connectivity index (χ0) is 22.7. The average molecular weight is 473 g/mol. The van der Waals surface area contributed by atoms with Crippen LogP contribution in [0.5, 0.6) is 0 Å². The number of aromatic nitrogens is 2. The number of aryl methyl sites for hydroxylation is 1. The van der Waals surface area contributed by atoms with Crippen molar-refractivity contribution in [3.05, 3.63) is 70.9 Å². The van der Waals surface area contributed by atoms with Gasteiger partial charge in [0, 0.05) is 24.2 Å². The van der Waals surface area contributed by atoms with Crippen molar-refractivity contribution in [1.29, 1.82) is 0 Å². The molecule has 168 valence electrons. The summed E-state index contributed by atoms with van der Waals surface area (Å²) in [5.74, 6) is 0.318. The van der Waals surface area contributed by atoms with Crippen molar-refractivity contribution < 1.29 is 13.2 Å². The molecule has 2 heterocycles. The molecule has 9 heteroatoms. The summed E-state index contributed by atoms with van der Waals surface area (Å²) in [6, 6.07) is 15.5. The van der Waals surface area contributed by atoms with Gasteiger partial charge in [-0.15, -0.1) is 0 Å². The molecule has 1 fully saturated rings. The minimum absolute atomic E-state index is 0.115. The first kappa shape index (κ1) is 22.5. The summed E-state index contributed by atoms with van der Waals surface area (Å²) in [7, 11) is -3.48. The van der Waals surface area contributed by atoms with Gasteiger partial charge in [-0.2, -0.15) is 9.40 Å². The number of piperidine rings is 1. The molecule has 3 aromatic rings. The fraction of sp³-hybridized carbons (Fsp3) is 0.304. The van der Waals surface area contributed by atoms with Crippen LogP contribution in [0.1, 0.15) is 30.5 Å². The van der Waals surface area contributed by atoms with Crippen LogP contribution in [0.15, 0.2) is 59.5 Å². The first-order valence-electron chi connectivity index (χ1n) is 10.5. The number of benzene rings is 2. The predicted molar refractivity (Wildman–Crippen MR) is 125 cm³/mol. The number of anilines is 1. The van der Waals surface area contributed by atoms with E-state index in [1.807, 2.05) is 19.1 Å². The van der Waals surface area contributed by atoms with Crippen molar-refractivity contribution >= 4 is 33.3 Å². The Morgan fingerprint density at radius 3 is 2.47 bits per heavy atom. The van der Waals surface area contributed by atoms with E-state index in [4.69, 9.17) is 11.6 Å². The molecule has 0 aliphatic carbocycles. The van der Waals surface area contributed by atoms with E-state index in [-0.39, 0.29) is 17.2 Å². The SMILES string of the molecule is Cc1cc(NC(=O)Cc2ccc(S(=O)(=O)N3CCCCC3)cc2)n(-c2cccc(Cl)c2)n1. The van der Waals surface area contributed by atoms with Gasteiger partial charge in [-0.05, 0) is 55.7 Å². The number of amides is 1. The predicted octanol–water partition coefficient (Wildman–Crippen LogP) is 4.19. The molecule has 0 saturated carbocycles. The third-order valence-corrected chi connectivity index (χ3v) is 7.54. The van der Waals surface area contributed by atoms with Crippen molar-refractivity contribution in [2.45, 2.75) is 37.5 Å². The van der Waals surface area contributed by atoms with Crippen molar-refractivity contribution in [3.63, 3.8) is 0 Å². The van der Waals surface area contributed by atoms with Gasteiger partial charge in [0.1, 0.15) is 5.82 Å². The lowest BCUT2D eigenvalue weighted by molar-refractivity contribution is -0.115. The summed E-state index contributed by atoms with van der Waals surface area (Å²) in [6.07, 6.45) is 2.96.